The van der Waals surface area contributed by atoms with Crippen LogP contribution < -0.4 is 0 Å². The van der Waals surface area contributed by atoms with Gasteiger partial charge in [-0.15, -0.1) is 0 Å². The number of carbonyl (C=O) groups is 1. The third-order valence-corrected chi connectivity index (χ3v) is 3.58. The van der Waals surface area contributed by atoms with Crippen molar-refractivity contribution in [3.05, 3.63) is 36.0 Å². The highest BCUT2D eigenvalue weighted by Crippen LogP contribution is 2.21. The molecule has 1 heterocycles. The monoisotopic (exact) mass is 229 g/mol. The number of rotatable bonds is 5. The van der Waals surface area contributed by atoms with Crippen LogP contribution >= 0.6 is 0 Å². The summed E-state index contributed by atoms with van der Waals surface area (Å²) < 4.78 is 2.26. The van der Waals surface area contributed by atoms with Gasteiger partial charge < -0.3 is 4.57 Å². The van der Waals surface area contributed by atoms with Gasteiger partial charge in [-0.05, 0) is 18.1 Å². The lowest BCUT2D eigenvalue weighted by molar-refractivity contribution is 0.112. The van der Waals surface area contributed by atoms with Gasteiger partial charge in [-0.3, -0.25) is 4.79 Å². The van der Waals surface area contributed by atoms with Crippen LogP contribution in [0, 0.1) is 5.92 Å². The van der Waals surface area contributed by atoms with E-state index in [4.69, 9.17) is 0 Å². The van der Waals surface area contributed by atoms with Gasteiger partial charge >= 0.3 is 0 Å². The fraction of sp³-hybridized carbons (Fsp3) is 0.400. The molecular formula is C15H19NO. The van der Waals surface area contributed by atoms with Crippen LogP contribution in [-0.2, 0) is 6.54 Å². The van der Waals surface area contributed by atoms with Crippen molar-refractivity contribution in [2.75, 3.05) is 0 Å². The van der Waals surface area contributed by atoms with Crippen LogP contribution in [-0.4, -0.2) is 10.9 Å². The predicted molar refractivity (Wildman–Crippen MR) is 71.4 cm³/mol. The van der Waals surface area contributed by atoms with Crippen LogP contribution in [0.1, 0.15) is 37.0 Å². The first kappa shape index (κ1) is 11.9. The Balaban J connectivity index is 2.39. The SMILES string of the molecule is CCC(CC)Cn1ccc2c(C=O)cccc21. The topological polar surface area (TPSA) is 22.0 Å². The van der Waals surface area contributed by atoms with Crippen LogP contribution in [0.5, 0.6) is 0 Å². The maximum absolute atomic E-state index is 11.0. The summed E-state index contributed by atoms with van der Waals surface area (Å²) >= 11 is 0. The van der Waals surface area contributed by atoms with Gasteiger partial charge in [0.15, 0.2) is 6.29 Å². The van der Waals surface area contributed by atoms with Gasteiger partial charge in [-0.25, -0.2) is 0 Å². The van der Waals surface area contributed by atoms with Crippen molar-refractivity contribution in [2.45, 2.75) is 33.2 Å². The van der Waals surface area contributed by atoms with E-state index in [1.54, 1.807) is 0 Å². The van der Waals surface area contributed by atoms with Crippen molar-refractivity contribution in [2.24, 2.45) is 5.92 Å². The highest BCUT2D eigenvalue weighted by Gasteiger charge is 2.08. The van der Waals surface area contributed by atoms with Gasteiger partial charge in [0.25, 0.3) is 0 Å². The summed E-state index contributed by atoms with van der Waals surface area (Å²) in [5.74, 6) is 0.713. The molecule has 0 fully saturated rings. The van der Waals surface area contributed by atoms with E-state index in [-0.39, 0.29) is 0 Å². The number of aromatic nitrogens is 1. The van der Waals surface area contributed by atoms with Crippen molar-refractivity contribution < 1.29 is 4.79 Å². The lowest BCUT2D eigenvalue weighted by Gasteiger charge is -2.14. The first-order valence-electron chi connectivity index (χ1n) is 6.33. The van der Waals surface area contributed by atoms with E-state index < -0.39 is 0 Å². The van der Waals surface area contributed by atoms with Crippen LogP contribution in [0.4, 0.5) is 0 Å². The molecule has 2 nitrogen and oxygen atoms in total. The molecule has 0 radical (unpaired) electrons. The van der Waals surface area contributed by atoms with Crippen molar-refractivity contribution in [1.29, 1.82) is 0 Å². The quantitative estimate of drug-likeness (QED) is 0.713. The minimum atomic E-state index is 0.713. The van der Waals surface area contributed by atoms with Gasteiger partial charge in [-0.1, -0.05) is 38.8 Å². The van der Waals surface area contributed by atoms with E-state index in [9.17, 15) is 4.79 Å². The van der Waals surface area contributed by atoms with Crippen molar-refractivity contribution in [3.8, 4) is 0 Å². The Hall–Kier alpha value is -1.57. The molecule has 2 aromatic rings. The number of nitrogens with zero attached hydrogens (tertiary/aromatic N) is 1. The summed E-state index contributed by atoms with van der Waals surface area (Å²) in [4.78, 5) is 11.0. The Kier molecular flexibility index (Phi) is 3.62. The van der Waals surface area contributed by atoms with Crippen molar-refractivity contribution >= 4 is 17.2 Å². The number of fused-ring (bicyclic) bond motifs is 1. The summed E-state index contributed by atoms with van der Waals surface area (Å²) in [6, 6.07) is 7.96. The molecule has 1 aromatic carbocycles. The highest BCUT2D eigenvalue weighted by atomic mass is 16.1. The summed E-state index contributed by atoms with van der Waals surface area (Å²) in [5.41, 5.74) is 1.95. The molecule has 0 atom stereocenters. The normalized spacial score (nSPS) is 11.2. The van der Waals surface area contributed by atoms with Crippen LogP contribution in [0.3, 0.4) is 0 Å². The average Bonchev–Trinajstić information content (AvgIpc) is 2.79. The number of benzene rings is 1. The maximum Gasteiger partial charge on any atom is 0.150 e. The van der Waals surface area contributed by atoms with E-state index in [0.29, 0.717) is 5.92 Å². The molecule has 0 aliphatic carbocycles. The van der Waals surface area contributed by atoms with E-state index >= 15 is 0 Å². The first-order chi connectivity index (χ1) is 8.30. The fourth-order valence-corrected chi connectivity index (χ4v) is 2.33. The van der Waals surface area contributed by atoms with Crippen molar-refractivity contribution in [3.63, 3.8) is 0 Å². The number of carbonyl (C=O) groups excluding carboxylic acids is 1. The Bertz CT molecular complexity index is 509. The molecule has 0 aliphatic heterocycles. The molecule has 17 heavy (non-hydrogen) atoms. The second-order valence-electron chi connectivity index (χ2n) is 4.55. The fourth-order valence-electron chi connectivity index (χ4n) is 2.33. The van der Waals surface area contributed by atoms with Gasteiger partial charge in [0.05, 0.1) is 0 Å². The zero-order valence-electron chi connectivity index (χ0n) is 10.5. The van der Waals surface area contributed by atoms with Gasteiger partial charge in [0.1, 0.15) is 0 Å². The molecule has 0 aliphatic rings. The zero-order chi connectivity index (χ0) is 12.3. The van der Waals surface area contributed by atoms with Crippen molar-refractivity contribution in [1.82, 2.24) is 4.57 Å². The third-order valence-electron chi connectivity index (χ3n) is 3.58. The van der Waals surface area contributed by atoms with Gasteiger partial charge in [-0.2, -0.15) is 0 Å². The predicted octanol–water partition coefficient (Wildman–Crippen LogP) is 3.89. The maximum atomic E-state index is 11.0. The first-order valence-corrected chi connectivity index (χ1v) is 6.33. The molecule has 0 amide bonds. The zero-order valence-corrected chi connectivity index (χ0v) is 10.5. The van der Waals surface area contributed by atoms with E-state index in [1.807, 2.05) is 18.2 Å². The van der Waals surface area contributed by atoms with Crippen LogP contribution in [0.25, 0.3) is 10.9 Å². The molecule has 0 bridgehead atoms. The van der Waals surface area contributed by atoms with Gasteiger partial charge in [0.2, 0.25) is 0 Å². The largest absolute Gasteiger partial charge is 0.347 e. The van der Waals surface area contributed by atoms with E-state index in [1.165, 1.54) is 18.4 Å². The Labute approximate surface area is 102 Å². The molecular weight excluding hydrogens is 210 g/mol. The minimum absolute atomic E-state index is 0.713. The smallest absolute Gasteiger partial charge is 0.150 e. The molecule has 0 saturated heterocycles. The molecule has 1 aromatic heterocycles. The molecule has 0 saturated carbocycles. The Morgan fingerprint density at radius 3 is 2.65 bits per heavy atom. The Morgan fingerprint density at radius 2 is 2.00 bits per heavy atom. The summed E-state index contributed by atoms with van der Waals surface area (Å²) in [6.07, 6.45) is 5.42. The molecule has 0 unspecified atom stereocenters. The highest BCUT2D eigenvalue weighted by molar-refractivity contribution is 5.97. The molecule has 90 valence electrons. The second kappa shape index (κ2) is 5.17. The van der Waals surface area contributed by atoms with Gasteiger partial charge in [0, 0.05) is 29.2 Å². The molecule has 2 heteroatoms. The minimum Gasteiger partial charge on any atom is -0.347 e. The summed E-state index contributed by atoms with van der Waals surface area (Å²) in [7, 11) is 0. The summed E-state index contributed by atoms with van der Waals surface area (Å²) in [5, 5.41) is 1.06. The Morgan fingerprint density at radius 1 is 1.24 bits per heavy atom. The van der Waals surface area contributed by atoms with Crippen LogP contribution in [0.2, 0.25) is 0 Å². The lowest BCUT2D eigenvalue weighted by Crippen LogP contribution is -2.07. The average molecular weight is 229 g/mol. The lowest BCUT2D eigenvalue weighted by atomic mass is 10.0. The number of hydrogen-bond donors (Lipinski definition) is 0. The molecule has 0 spiro atoms. The second-order valence-corrected chi connectivity index (χ2v) is 4.55. The van der Waals surface area contributed by atoms with E-state index in [2.05, 4.69) is 30.7 Å². The van der Waals surface area contributed by atoms with E-state index in [0.717, 1.165) is 23.8 Å². The third kappa shape index (κ3) is 2.26. The standard InChI is InChI=1S/C15H19NO/c1-3-12(4-2)10-16-9-8-14-13(11-17)6-5-7-15(14)16/h5-9,11-12H,3-4,10H2,1-2H3. The van der Waals surface area contributed by atoms with Crippen LogP contribution in [0.15, 0.2) is 30.5 Å². The molecule has 2 rings (SSSR count). The number of aldehydes is 1. The number of hydrogen-bond acceptors (Lipinski definition) is 1. The summed E-state index contributed by atoms with van der Waals surface area (Å²) in [6.45, 7) is 5.51. The molecule has 0 N–H and O–H groups in total.